The fraction of sp³-hybridized carbons (Fsp3) is 0.636. The first-order chi connectivity index (χ1) is 7.85. The van der Waals surface area contributed by atoms with Crippen molar-refractivity contribution in [3.05, 3.63) is 26.9 Å². The van der Waals surface area contributed by atoms with Gasteiger partial charge in [0, 0.05) is 26.3 Å². The van der Waals surface area contributed by atoms with Crippen molar-refractivity contribution in [2.24, 2.45) is 5.41 Å². The molecule has 0 saturated heterocycles. The Kier molecular flexibility index (Phi) is 4.11. The summed E-state index contributed by atoms with van der Waals surface area (Å²) in [7, 11) is 1.64. The normalized spacial score (nSPS) is 11.7. The summed E-state index contributed by atoms with van der Waals surface area (Å²) in [5, 5.41) is 0. The fourth-order valence-corrected chi connectivity index (χ4v) is 1.59. The molecule has 1 aromatic heterocycles. The SMILES string of the molecule is COCCC(C)(C)Cn1c(N)cc(=O)[nH]c1=O. The van der Waals surface area contributed by atoms with Gasteiger partial charge in [0.1, 0.15) is 5.82 Å². The summed E-state index contributed by atoms with van der Waals surface area (Å²) in [6, 6.07) is 1.22. The predicted octanol–water partition coefficient (Wildman–Crippen LogP) is 0.182. The van der Waals surface area contributed by atoms with Crippen molar-refractivity contribution in [1.29, 1.82) is 0 Å². The molecule has 96 valence electrons. The van der Waals surface area contributed by atoms with Gasteiger partial charge in [-0.15, -0.1) is 0 Å². The molecule has 0 aromatic carbocycles. The van der Waals surface area contributed by atoms with Crippen molar-refractivity contribution in [3.8, 4) is 0 Å². The number of aromatic nitrogens is 2. The van der Waals surface area contributed by atoms with E-state index in [2.05, 4.69) is 4.98 Å². The third kappa shape index (κ3) is 3.74. The molecule has 0 saturated carbocycles. The number of anilines is 1. The monoisotopic (exact) mass is 241 g/mol. The maximum atomic E-state index is 11.6. The molecular weight excluding hydrogens is 222 g/mol. The quantitative estimate of drug-likeness (QED) is 0.769. The Balaban J connectivity index is 2.95. The van der Waals surface area contributed by atoms with Crippen LogP contribution in [0.25, 0.3) is 0 Å². The highest BCUT2D eigenvalue weighted by molar-refractivity contribution is 5.26. The molecule has 0 spiro atoms. The van der Waals surface area contributed by atoms with Crippen molar-refractivity contribution in [2.75, 3.05) is 19.5 Å². The minimum absolute atomic E-state index is 0.133. The Bertz CT molecular complexity index is 487. The average Bonchev–Trinajstić information content (AvgIpc) is 2.21. The highest BCUT2D eigenvalue weighted by Gasteiger charge is 2.20. The van der Waals surface area contributed by atoms with Gasteiger partial charge in [-0.05, 0) is 11.8 Å². The largest absolute Gasteiger partial charge is 0.385 e. The van der Waals surface area contributed by atoms with Gasteiger partial charge >= 0.3 is 5.69 Å². The van der Waals surface area contributed by atoms with Crippen molar-refractivity contribution in [3.63, 3.8) is 0 Å². The van der Waals surface area contributed by atoms with Crippen molar-refractivity contribution in [1.82, 2.24) is 9.55 Å². The Morgan fingerprint density at radius 1 is 1.47 bits per heavy atom. The Hall–Kier alpha value is -1.56. The minimum atomic E-state index is -0.474. The van der Waals surface area contributed by atoms with Gasteiger partial charge in [0.15, 0.2) is 0 Å². The number of nitrogens with one attached hydrogen (secondary N) is 1. The minimum Gasteiger partial charge on any atom is -0.385 e. The molecule has 6 heteroatoms. The van der Waals surface area contributed by atoms with Gasteiger partial charge in [-0.2, -0.15) is 0 Å². The zero-order valence-electron chi connectivity index (χ0n) is 10.4. The van der Waals surface area contributed by atoms with E-state index in [1.165, 1.54) is 10.6 Å². The Morgan fingerprint density at radius 3 is 2.65 bits per heavy atom. The summed E-state index contributed by atoms with van der Waals surface area (Å²) in [5.41, 5.74) is 4.59. The van der Waals surface area contributed by atoms with Crippen LogP contribution in [0.5, 0.6) is 0 Å². The van der Waals surface area contributed by atoms with E-state index in [4.69, 9.17) is 10.5 Å². The van der Waals surface area contributed by atoms with E-state index in [9.17, 15) is 9.59 Å². The van der Waals surface area contributed by atoms with Crippen molar-refractivity contribution >= 4 is 5.82 Å². The number of rotatable bonds is 5. The lowest BCUT2D eigenvalue weighted by atomic mass is 9.89. The van der Waals surface area contributed by atoms with E-state index < -0.39 is 11.2 Å². The molecule has 0 bridgehead atoms. The maximum absolute atomic E-state index is 11.6. The second kappa shape index (κ2) is 5.18. The third-order valence-electron chi connectivity index (χ3n) is 2.64. The van der Waals surface area contributed by atoms with Crippen molar-refractivity contribution in [2.45, 2.75) is 26.8 Å². The van der Waals surface area contributed by atoms with Gasteiger partial charge in [-0.3, -0.25) is 14.3 Å². The van der Waals surface area contributed by atoms with Crippen LogP contribution in [-0.2, 0) is 11.3 Å². The van der Waals surface area contributed by atoms with Crippen LogP contribution in [0.4, 0.5) is 5.82 Å². The molecule has 0 aliphatic carbocycles. The molecule has 0 fully saturated rings. The van der Waals surface area contributed by atoms with Crippen LogP contribution in [0.2, 0.25) is 0 Å². The lowest BCUT2D eigenvalue weighted by Gasteiger charge is -2.25. The summed E-state index contributed by atoms with van der Waals surface area (Å²) in [5.74, 6) is 0.184. The number of nitrogen functional groups attached to an aromatic ring is 1. The van der Waals surface area contributed by atoms with Crippen LogP contribution in [0.3, 0.4) is 0 Å². The van der Waals surface area contributed by atoms with Crippen molar-refractivity contribution < 1.29 is 4.74 Å². The number of hydrogen-bond donors (Lipinski definition) is 2. The van der Waals surface area contributed by atoms with Crippen LogP contribution >= 0.6 is 0 Å². The first-order valence-electron chi connectivity index (χ1n) is 5.44. The Labute approximate surface area is 99.4 Å². The molecule has 0 unspecified atom stereocenters. The molecule has 3 N–H and O–H groups in total. The summed E-state index contributed by atoms with van der Waals surface area (Å²) >= 11 is 0. The van der Waals surface area contributed by atoms with E-state index >= 15 is 0 Å². The molecule has 0 atom stereocenters. The standard InChI is InChI=1S/C11H19N3O3/c1-11(2,4-5-17-3)7-14-8(12)6-9(15)13-10(14)16/h6H,4-5,7,12H2,1-3H3,(H,13,15,16). The average molecular weight is 241 g/mol. The van der Waals surface area contributed by atoms with Gasteiger partial charge in [0.05, 0.1) is 0 Å². The highest BCUT2D eigenvalue weighted by atomic mass is 16.5. The molecule has 0 aliphatic rings. The first-order valence-corrected chi connectivity index (χ1v) is 5.44. The van der Waals surface area contributed by atoms with Crippen LogP contribution in [0, 0.1) is 5.41 Å². The molecular formula is C11H19N3O3. The lowest BCUT2D eigenvalue weighted by molar-refractivity contribution is 0.142. The highest BCUT2D eigenvalue weighted by Crippen LogP contribution is 2.22. The van der Waals surface area contributed by atoms with Crippen LogP contribution in [0.15, 0.2) is 15.7 Å². The topological polar surface area (TPSA) is 90.1 Å². The summed E-state index contributed by atoms with van der Waals surface area (Å²) < 4.78 is 6.39. The maximum Gasteiger partial charge on any atom is 0.329 e. The molecule has 1 heterocycles. The van der Waals surface area contributed by atoms with Gasteiger partial charge in [-0.1, -0.05) is 13.8 Å². The zero-order valence-corrected chi connectivity index (χ0v) is 10.4. The predicted molar refractivity (Wildman–Crippen MR) is 66.0 cm³/mol. The zero-order chi connectivity index (χ0) is 13.1. The van der Waals surface area contributed by atoms with E-state index in [0.29, 0.717) is 13.2 Å². The summed E-state index contributed by atoms with van der Waals surface area (Å²) in [6.07, 6.45) is 0.800. The molecule has 17 heavy (non-hydrogen) atoms. The second-order valence-corrected chi connectivity index (χ2v) is 4.86. The molecule has 1 rings (SSSR count). The van der Waals surface area contributed by atoms with Crippen LogP contribution in [-0.4, -0.2) is 23.3 Å². The smallest absolute Gasteiger partial charge is 0.329 e. The van der Waals surface area contributed by atoms with E-state index in [1.54, 1.807) is 7.11 Å². The number of methoxy groups -OCH3 is 1. The number of ether oxygens (including phenoxy) is 1. The van der Waals surface area contributed by atoms with Crippen LogP contribution in [0.1, 0.15) is 20.3 Å². The van der Waals surface area contributed by atoms with Gasteiger partial charge in [0.25, 0.3) is 5.56 Å². The summed E-state index contributed by atoms with van der Waals surface area (Å²) in [4.78, 5) is 24.8. The molecule has 0 radical (unpaired) electrons. The van der Waals surface area contributed by atoms with Gasteiger partial charge in [0.2, 0.25) is 0 Å². The molecule has 1 aromatic rings. The molecule has 6 nitrogen and oxygen atoms in total. The second-order valence-electron chi connectivity index (χ2n) is 4.86. The van der Waals surface area contributed by atoms with E-state index in [-0.39, 0.29) is 11.2 Å². The van der Waals surface area contributed by atoms with Gasteiger partial charge < -0.3 is 10.5 Å². The lowest BCUT2D eigenvalue weighted by Crippen LogP contribution is -2.35. The number of aromatic amines is 1. The first kappa shape index (κ1) is 13.5. The number of hydrogen-bond acceptors (Lipinski definition) is 4. The number of nitrogens with two attached hydrogens (primary N) is 1. The fourth-order valence-electron chi connectivity index (χ4n) is 1.59. The van der Waals surface area contributed by atoms with Crippen LogP contribution < -0.4 is 17.0 Å². The Morgan fingerprint density at radius 2 is 2.12 bits per heavy atom. The molecule has 0 amide bonds. The van der Waals surface area contributed by atoms with E-state index in [1.807, 2.05) is 13.8 Å². The summed E-state index contributed by atoms with van der Waals surface area (Å²) in [6.45, 7) is 5.09. The third-order valence-corrected chi connectivity index (χ3v) is 2.64. The molecule has 0 aliphatic heterocycles. The number of nitrogens with zero attached hydrogens (tertiary/aromatic N) is 1. The van der Waals surface area contributed by atoms with E-state index in [0.717, 1.165) is 6.42 Å². The number of H-pyrrole nitrogens is 1. The van der Waals surface area contributed by atoms with Gasteiger partial charge in [-0.25, -0.2) is 4.79 Å².